The van der Waals surface area contributed by atoms with Gasteiger partial charge in [0.1, 0.15) is 24.3 Å². The third-order valence-electron chi connectivity index (χ3n) is 2.08. The highest BCUT2D eigenvalue weighted by Crippen LogP contribution is 2.33. The Morgan fingerprint density at radius 2 is 2.38 bits per heavy atom. The van der Waals surface area contributed by atoms with Gasteiger partial charge in [0.25, 0.3) is 0 Å². The molecule has 1 aliphatic heterocycles. The van der Waals surface area contributed by atoms with E-state index in [1.165, 1.54) is 0 Å². The fraction of sp³-hybridized carbons (Fsp3) is 0.333. The first-order valence-corrected chi connectivity index (χ1v) is 6.23. The molecule has 0 amide bonds. The van der Waals surface area contributed by atoms with E-state index >= 15 is 0 Å². The van der Waals surface area contributed by atoms with E-state index in [0.29, 0.717) is 29.7 Å². The number of ether oxygens (including phenoxy) is 2. The average Bonchev–Trinajstić information content (AvgIpc) is 2.26. The molecule has 0 bridgehead atoms. The molecular formula is C9H11ClN2O3S. The van der Waals surface area contributed by atoms with E-state index in [-0.39, 0.29) is 6.10 Å². The van der Waals surface area contributed by atoms with Crippen LogP contribution in [0, 0.1) is 0 Å². The first-order valence-electron chi connectivity index (χ1n) is 4.64. The zero-order valence-corrected chi connectivity index (χ0v) is 9.88. The first kappa shape index (κ1) is 11.8. The van der Waals surface area contributed by atoms with Gasteiger partial charge in [0.2, 0.25) is 0 Å². The lowest BCUT2D eigenvalue weighted by Gasteiger charge is -2.26. The van der Waals surface area contributed by atoms with E-state index in [2.05, 4.69) is 4.72 Å². The normalized spacial score (nSPS) is 20.6. The summed E-state index contributed by atoms with van der Waals surface area (Å²) in [5.74, 6) is 1.25. The summed E-state index contributed by atoms with van der Waals surface area (Å²) in [4.78, 5) is 0. The van der Waals surface area contributed by atoms with Gasteiger partial charge in [-0.15, -0.1) is 9.86 Å². The molecule has 1 heterocycles. The van der Waals surface area contributed by atoms with Gasteiger partial charge in [0, 0.05) is 11.1 Å². The summed E-state index contributed by atoms with van der Waals surface area (Å²) in [6.07, 6.45) is -0.207. The molecule has 2 rings (SSSR count). The molecule has 16 heavy (non-hydrogen) atoms. The SMILES string of the molecule is N[S+]([O-])NC[C@H]1COc2cc(Cl)ccc2O1. The largest absolute Gasteiger partial charge is 0.579 e. The summed E-state index contributed by atoms with van der Waals surface area (Å²) in [5, 5.41) is 5.67. The molecule has 0 aliphatic carbocycles. The van der Waals surface area contributed by atoms with Crippen molar-refractivity contribution in [3.05, 3.63) is 23.2 Å². The third-order valence-corrected chi connectivity index (χ3v) is 2.76. The van der Waals surface area contributed by atoms with Gasteiger partial charge in [-0.2, -0.15) is 0 Å². The molecule has 0 fully saturated rings. The van der Waals surface area contributed by atoms with E-state index < -0.39 is 11.5 Å². The number of hydrogen-bond donors (Lipinski definition) is 2. The maximum atomic E-state index is 10.6. The van der Waals surface area contributed by atoms with E-state index in [0.717, 1.165) is 0 Å². The van der Waals surface area contributed by atoms with Gasteiger partial charge in [0.05, 0.1) is 6.54 Å². The van der Waals surface area contributed by atoms with Gasteiger partial charge in [-0.3, -0.25) is 0 Å². The molecule has 0 radical (unpaired) electrons. The van der Waals surface area contributed by atoms with Gasteiger partial charge >= 0.3 is 0 Å². The fourth-order valence-electron chi connectivity index (χ4n) is 1.36. The summed E-state index contributed by atoms with van der Waals surface area (Å²) < 4.78 is 24.3. The van der Waals surface area contributed by atoms with Crippen LogP contribution in [-0.4, -0.2) is 23.8 Å². The van der Waals surface area contributed by atoms with Gasteiger partial charge in [-0.1, -0.05) is 11.6 Å². The Bertz CT molecular complexity index is 378. The van der Waals surface area contributed by atoms with Crippen molar-refractivity contribution >= 4 is 23.1 Å². The minimum Gasteiger partial charge on any atom is -0.579 e. The topological polar surface area (TPSA) is 79.6 Å². The molecule has 1 aromatic rings. The van der Waals surface area contributed by atoms with Gasteiger partial charge in [0.15, 0.2) is 11.5 Å². The highest BCUT2D eigenvalue weighted by Gasteiger charge is 2.22. The van der Waals surface area contributed by atoms with Crippen molar-refractivity contribution in [3.8, 4) is 11.5 Å². The number of halogens is 1. The Morgan fingerprint density at radius 3 is 3.12 bits per heavy atom. The Labute approximate surface area is 101 Å². The smallest absolute Gasteiger partial charge is 0.162 e. The lowest BCUT2D eigenvalue weighted by molar-refractivity contribution is 0.0943. The zero-order chi connectivity index (χ0) is 11.5. The minimum atomic E-state index is -1.54. The van der Waals surface area contributed by atoms with Crippen LogP contribution in [0.1, 0.15) is 0 Å². The van der Waals surface area contributed by atoms with Crippen molar-refractivity contribution in [3.63, 3.8) is 0 Å². The third kappa shape index (κ3) is 2.93. The van der Waals surface area contributed by atoms with E-state index in [1.54, 1.807) is 18.2 Å². The van der Waals surface area contributed by atoms with E-state index in [4.69, 9.17) is 26.2 Å². The van der Waals surface area contributed by atoms with Crippen molar-refractivity contribution in [1.29, 1.82) is 0 Å². The molecule has 2 atom stereocenters. The molecule has 0 spiro atoms. The summed E-state index contributed by atoms with van der Waals surface area (Å²) in [7, 11) is 0. The van der Waals surface area contributed by atoms with E-state index in [1.807, 2.05) is 0 Å². The molecule has 1 aliphatic rings. The molecule has 3 N–H and O–H groups in total. The van der Waals surface area contributed by atoms with Crippen LogP contribution < -0.4 is 19.3 Å². The Balaban J connectivity index is 1.98. The summed E-state index contributed by atoms with van der Waals surface area (Å²) in [6, 6.07) is 5.16. The Kier molecular flexibility index (Phi) is 3.78. The molecule has 5 nitrogen and oxygen atoms in total. The maximum Gasteiger partial charge on any atom is 0.162 e. The minimum absolute atomic E-state index is 0.207. The van der Waals surface area contributed by atoms with Crippen molar-refractivity contribution in [2.24, 2.45) is 5.14 Å². The van der Waals surface area contributed by atoms with Crippen LogP contribution in [0.15, 0.2) is 18.2 Å². The van der Waals surface area contributed by atoms with Crippen LogP contribution in [-0.2, 0) is 11.5 Å². The summed E-state index contributed by atoms with van der Waals surface area (Å²) in [6.45, 7) is 0.739. The summed E-state index contributed by atoms with van der Waals surface area (Å²) >= 11 is 4.28. The second-order valence-electron chi connectivity index (χ2n) is 3.29. The highest BCUT2D eigenvalue weighted by molar-refractivity contribution is 7.87. The monoisotopic (exact) mass is 262 g/mol. The fourth-order valence-corrected chi connectivity index (χ4v) is 1.88. The molecular weight excluding hydrogens is 252 g/mol. The maximum absolute atomic E-state index is 10.6. The molecule has 7 heteroatoms. The number of nitrogens with two attached hydrogens (primary N) is 1. The first-order chi connectivity index (χ1) is 7.65. The molecule has 1 aromatic carbocycles. The molecule has 0 saturated heterocycles. The van der Waals surface area contributed by atoms with Gasteiger partial charge in [-0.05, 0) is 12.1 Å². The van der Waals surface area contributed by atoms with Crippen LogP contribution in [0.4, 0.5) is 0 Å². The number of hydrogen-bond acceptors (Lipinski definition) is 5. The number of nitrogens with one attached hydrogen (secondary N) is 1. The van der Waals surface area contributed by atoms with Crippen LogP contribution in [0.3, 0.4) is 0 Å². The van der Waals surface area contributed by atoms with Gasteiger partial charge < -0.3 is 14.0 Å². The zero-order valence-electron chi connectivity index (χ0n) is 8.31. The van der Waals surface area contributed by atoms with Crippen LogP contribution >= 0.6 is 11.6 Å². The predicted molar refractivity (Wildman–Crippen MR) is 61.7 cm³/mol. The molecule has 88 valence electrons. The van der Waals surface area contributed by atoms with E-state index in [9.17, 15) is 4.55 Å². The quantitative estimate of drug-likeness (QED) is 0.780. The van der Waals surface area contributed by atoms with Crippen LogP contribution in [0.5, 0.6) is 11.5 Å². The number of rotatable bonds is 3. The predicted octanol–water partition coefficient (Wildman–Crippen LogP) is 0.607. The Morgan fingerprint density at radius 1 is 1.56 bits per heavy atom. The van der Waals surface area contributed by atoms with Crippen molar-refractivity contribution < 1.29 is 14.0 Å². The van der Waals surface area contributed by atoms with Gasteiger partial charge in [-0.25, -0.2) is 0 Å². The Hall–Kier alpha value is -0.660. The number of benzene rings is 1. The molecule has 1 unspecified atom stereocenters. The lowest BCUT2D eigenvalue weighted by Crippen LogP contribution is -2.42. The van der Waals surface area contributed by atoms with Crippen molar-refractivity contribution in [2.75, 3.05) is 13.2 Å². The average molecular weight is 263 g/mol. The lowest BCUT2D eigenvalue weighted by atomic mass is 10.2. The summed E-state index contributed by atoms with van der Waals surface area (Å²) in [5.41, 5.74) is 0. The highest BCUT2D eigenvalue weighted by atomic mass is 35.5. The van der Waals surface area contributed by atoms with Crippen molar-refractivity contribution in [1.82, 2.24) is 4.72 Å². The van der Waals surface area contributed by atoms with Crippen LogP contribution in [0.25, 0.3) is 0 Å². The second kappa shape index (κ2) is 5.11. The van der Waals surface area contributed by atoms with Crippen molar-refractivity contribution in [2.45, 2.75) is 6.10 Å². The molecule has 0 saturated carbocycles. The standard InChI is InChI=1S/C9H11ClN2O3S/c10-6-1-2-8-9(3-6)14-5-7(15-8)4-12-16(11)13/h1-3,7,12H,4-5,11H2/t7-,16?/m0/s1. The molecule has 0 aromatic heterocycles. The number of fused-ring (bicyclic) bond motifs is 1. The van der Waals surface area contributed by atoms with Crippen LogP contribution in [0.2, 0.25) is 5.02 Å². The second-order valence-corrected chi connectivity index (χ2v) is 4.61.